The number of carbonyl (C=O) groups is 1. The number of benzene rings is 1. The molecule has 2 N–H and O–H groups in total. The average Bonchev–Trinajstić information content (AvgIpc) is 3.11. The number of phenolic OH excluding ortho intramolecular Hbond substituents is 1. The summed E-state index contributed by atoms with van der Waals surface area (Å²) < 4.78 is 13.1. The zero-order chi connectivity index (χ0) is 23.8. The van der Waals surface area contributed by atoms with Crippen LogP contribution in [0.15, 0.2) is 24.3 Å². The predicted molar refractivity (Wildman–Crippen MR) is 123 cm³/mol. The van der Waals surface area contributed by atoms with Gasteiger partial charge in [0.25, 0.3) is 0 Å². The van der Waals surface area contributed by atoms with Crippen LogP contribution in [0.3, 0.4) is 0 Å². The zero-order valence-electron chi connectivity index (χ0n) is 20.4. The third-order valence-electron chi connectivity index (χ3n) is 10.4. The Hall–Kier alpha value is -2.05. The maximum Gasteiger partial charge on any atom is 0.219 e. The summed E-state index contributed by atoms with van der Waals surface area (Å²) in [6, 6.07) is 3.69. The Bertz CT molecular complexity index is 1100. The molecule has 2 aliphatic heterocycles. The molecular formula is C27H35NO5. The van der Waals surface area contributed by atoms with E-state index in [9.17, 15) is 15.0 Å². The fourth-order valence-corrected chi connectivity index (χ4v) is 8.38. The number of rotatable bonds is 2. The monoisotopic (exact) mass is 453 g/mol. The van der Waals surface area contributed by atoms with Gasteiger partial charge in [-0.2, -0.15) is 0 Å². The number of nitrogens with zero attached hydrogens (tertiary/aromatic N) is 1. The first-order valence-electron chi connectivity index (χ1n) is 12.1. The highest BCUT2D eigenvalue weighted by atomic mass is 16.6. The van der Waals surface area contributed by atoms with Gasteiger partial charge in [-0.15, -0.1) is 0 Å². The number of carbonyl (C=O) groups excluding carboxylic acids is 1. The highest BCUT2D eigenvalue weighted by Gasteiger charge is 2.81. The maximum absolute atomic E-state index is 12.8. The minimum Gasteiger partial charge on any atom is -0.504 e. The first kappa shape index (κ1) is 21.5. The Morgan fingerprint density at radius 3 is 2.61 bits per heavy atom. The molecule has 1 aromatic rings. The van der Waals surface area contributed by atoms with Gasteiger partial charge in [0, 0.05) is 43.5 Å². The number of phenols is 1. The van der Waals surface area contributed by atoms with Crippen LogP contribution in [0.25, 0.3) is 0 Å². The van der Waals surface area contributed by atoms with Crippen LogP contribution in [-0.2, 0) is 21.4 Å². The lowest BCUT2D eigenvalue weighted by Gasteiger charge is -2.73. The van der Waals surface area contributed by atoms with Crippen LogP contribution in [-0.4, -0.2) is 58.0 Å². The summed E-state index contributed by atoms with van der Waals surface area (Å²) >= 11 is 0. The van der Waals surface area contributed by atoms with Gasteiger partial charge in [-0.1, -0.05) is 39.0 Å². The fraction of sp³-hybridized carbons (Fsp3) is 0.667. The number of methoxy groups -OCH3 is 1. The van der Waals surface area contributed by atoms with Gasteiger partial charge >= 0.3 is 0 Å². The third-order valence-corrected chi connectivity index (χ3v) is 10.4. The highest BCUT2D eigenvalue weighted by molar-refractivity contribution is 5.76. The van der Waals surface area contributed by atoms with Crippen molar-refractivity contribution < 1.29 is 24.5 Å². The highest BCUT2D eigenvalue weighted by Crippen LogP contribution is 2.76. The molecule has 4 bridgehead atoms. The minimum absolute atomic E-state index is 0.0254. The molecule has 2 fully saturated rings. The molecule has 1 amide bonds. The second-order valence-electron chi connectivity index (χ2n) is 12.2. The lowest BCUT2D eigenvalue weighted by atomic mass is 9.35. The molecule has 6 nitrogen and oxygen atoms in total. The second-order valence-corrected chi connectivity index (χ2v) is 12.2. The number of aromatic hydroxyl groups is 1. The van der Waals surface area contributed by atoms with E-state index in [-0.39, 0.29) is 29.7 Å². The first-order chi connectivity index (χ1) is 15.4. The van der Waals surface area contributed by atoms with Crippen molar-refractivity contribution in [3.63, 3.8) is 0 Å². The Balaban J connectivity index is 1.68. The summed E-state index contributed by atoms with van der Waals surface area (Å²) in [5, 5.41) is 22.9. The molecule has 7 atom stereocenters. The number of hydrogen-bond acceptors (Lipinski definition) is 5. The summed E-state index contributed by atoms with van der Waals surface area (Å²) in [5.41, 5.74) is -0.848. The molecule has 0 radical (unpaired) electrons. The van der Waals surface area contributed by atoms with Gasteiger partial charge in [0.05, 0.1) is 11.0 Å². The lowest BCUT2D eigenvalue weighted by molar-refractivity contribution is -0.261. The molecule has 2 spiro atoms. The summed E-state index contributed by atoms with van der Waals surface area (Å²) in [7, 11) is 1.71. The van der Waals surface area contributed by atoms with Crippen LogP contribution in [0, 0.1) is 16.7 Å². The minimum atomic E-state index is -1.06. The van der Waals surface area contributed by atoms with E-state index in [1.165, 1.54) is 0 Å². The van der Waals surface area contributed by atoms with Crippen molar-refractivity contribution in [3.05, 3.63) is 35.4 Å². The molecule has 33 heavy (non-hydrogen) atoms. The van der Waals surface area contributed by atoms with Crippen LogP contribution in [0.1, 0.15) is 58.6 Å². The number of ether oxygens (including phenoxy) is 2. The molecular weight excluding hydrogens is 418 g/mol. The van der Waals surface area contributed by atoms with Crippen molar-refractivity contribution >= 4 is 5.91 Å². The molecule has 1 aromatic carbocycles. The average molecular weight is 454 g/mol. The Kier molecular flexibility index (Phi) is 3.87. The van der Waals surface area contributed by atoms with Crippen molar-refractivity contribution in [2.24, 2.45) is 16.7 Å². The summed E-state index contributed by atoms with van der Waals surface area (Å²) in [4.78, 5) is 14.9. The lowest BCUT2D eigenvalue weighted by Crippen LogP contribution is -2.81. The van der Waals surface area contributed by atoms with E-state index >= 15 is 0 Å². The zero-order valence-corrected chi connectivity index (χ0v) is 20.4. The van der Waals surface area contributed by atoms with Gasteiger partial charge in [0.15, 0.2) is 11.5 Å². The molecule has 1 saturated heterocycles. The SMILES string of the molecule is CO[C@@]12C=C[C@]3(C[C@@H]1[C@](C)(O)C(C)(C)C)[C@H]1Cc4ccc(O)c5c4[C@]3(CCN1C(C)=O)[C@@H]2O5. The van der Waals surface area contributed by atoms with E-state index in [4.69, 9.17) is 9.47 Å². The van der Waals surface area contributed by atoms with Gasteiger partial charge in [-0.05, 0) is 43.2 Å². The van der Waals surface area contributed by atoms with Crippen molar-refractivity contribution in [3.8, 4) is 11.5 Å². The smallest absolute Gasteiger partial charge is 0.219 e. The van der Waals surface area contributed by atoms with Gasteiger partial charge in [-0.25, -0.2) is 0 Å². The molecule has 178 valence electrons. The maximum atomic E-state index is 12.8. The van der Waals surface area contributed by atoms with Crippen molar-refractivity contribution in [2.75, 3.05) is 13.7 Å². The van der Waals surface area contributed by atoms with Gasteiger partial charge < -0.3 is 24.6 Å². The van der Waals surface area contributed by atoms with Crippen LogP contribution in [0.5, 0.6) is 11.5 Å². The summed E-state index contributed by atoms with van der Waals surface area (Å²) in [6.07, 6.45) is 6.19. The van der Waals surface area contributed by atoms with E-state index < -0.39 is 27.4 Å². The Morgan fingerprint density at radius 2 is 1.97 bits per heavy atom. The van der Waals surface area contributed by atoms with Crippen LogP contribution >= 0.6 is 0 Å². The number of aliphatic hydroxyl groups is 1. The van der Waals surface area contributed by atoms with Crippen molar-refractivity contribution in [1.29, 1.82) is 0 Å². The largest absolute Gasteiger partial charge is 0.504 e. The fourth-order valence-electron chi connectivity index (χ4n) is 8.38. The normalized spacial score (nSPS) is 41.4. The predicted octanol–water partition coefficient (Wildman–Crippen LogP) is 3.33. The van der Waals surface area contributed by atoms with Crippen LogP contribution < -0.4 is 4.74 Å². The van der Waals surface area contributed by atoms with Crippen molar-refractivity contribution in [2.45, 2.75) is 82.6 Å². The van der Waals surface area contributed by atoms with Crippen molar-refractivity contribution in [1.82, 2.24) is 4.90 Å². The van der Waals surface area contributed by atoms with E-state index in [0.29, 0.717) is 25.1 Å². The molecule has 0 aromatic heterocycles. The van der Waals surface area contributed by atoms with E-state index in [0.717, 1.165) is 17.5 Å². The first-order valence-corrected chi connectivity index (χ1v) is 12.1. The summed E-state index contributed by atoms with van der Waals surface area (Å²) in [6.45, 7) is 10.4. The molecule has 4 aliphatic carbocycles. The number of amides is 1. The molecule has 6 aliphatic rings. The third kappa shape index (κ3) is 2.08. The second kappa shape index (κ2) is 5.95. The molecule has 0 unspecified atom stereocenters. The molecule has 2 heterocycles. The molecule has 1 saturated carbocycles. The molecule has 6 heteroatoms. The van der Waals surface area contributed by atoms with Gasteiger partial charge in [0.1, 0.15) is 11.7 Å². The number of piperidine rings is 1. The number of hydrogen-bond donors (Lipinski definition) is 2. The quantitative estimate of drug-likeness (QED) is 0.672. The standard InChI is InChI=1S/C27H35NO5/c1-15(29)28-12-11-26-20-16-7-8-17(30)21(20)33-22(26)27(32-6)10-9-25(26,19(28)13-16)14-18(27)24(5,31)23(2,3)4/h7-10,18-19,22,30-31H,11-14H2,1-6H3/t18-,19-,22+,24+,25+,26-,27+/m1/s1. The topological polar surface area (TPSA) is 79.2 Å². The van der Waals surface area contributed by atoms with Crippen LogP contribution in [0.2, 0.25) is 0 Å². The van der Waals surface area contributed by atoms with Gasteiger partial charge in [-0.3, -0.25) is 4.79 Å². The van der Waals surface area contributed by atoms with E-state index in [1.807, 2.05) is 17.9 Å². The Morgan fingerprint density at radius 1 is 1.24 bits per heavy atom. The molecule has 7 rings (SSSR count). The summed E-state index contributed by atoms with van der Waals surface area (Å²) in [5.74, 6) is 0.567. The Labute approximate surface area is 195 Å². The van der Waals surface area contributed by atoms with E-state index in [2.05, 4.69) is 32.9 Å². The van der Waals surface area contributed by atoms with E-state index in [1.54, 1.807) is 20.1 Å². The number of likely N-dealkylation sites (tertiary alicyclic amines) is 1. The van der Waals surface area contributed by atoms with Crippen LogP contribution in [0.4, 0.5) is 0 Å². The van der Waals surface area contributed by atoms with Gasteiger partial charge in [0.2, 0.25) is 5.91 Å². The number of fused-ring (bicyclic) bond motifs is 1.